The molecule has 0 aliphatic carbocycles. The highest BCUT2D eigenvalue weighted by molar-refractivity contribution is 5.97. The number of rotatable bonds is 5. The molecule has 152 valence electrons. The molecule has 2 aromatic carbocycles. The smallest absolute Gasteiger partial charge is 0.275 e. The van der Waals surface area contributed by atoms with E-state index in [2.05, 4.69) is 49.2 Å². The van der Waals surface area contributed by atoms with Gasteiger partial charge < -0.3 is 14.7 Å². The highest BCUT2D eigenvalue weighted by Gasteiger charge is 2.31. The van der Waals surface area contributed by atoms with Crippen molar-refractivity contribution >= 4 is 23.4 Å². The third kappa shape index (κ3) is 3.97. The first-order valence-electron chi connectivity index (χ1n) is 9.59. The van der Waals surface area contributed by atoms with Crippen LogP contribution in [0.5, 0.6) is 11.5 Å². The van der Waals surface area contributed by atoms with Gasteiger partial charge >= 0.3 is 0 Å². The molecule has 1 heterocycles. The number of allylic oxidation sites excluding steroid dienone is 1. The molecule has 0 saturated carbocycles. The van der Waals surface area contributed by atoms with Crippen LogP contribution in [0.25, 0.3) is 5.57 Å². The summed E-state index contributed by atoms with van der Waals surface area (Å²) in [6, 6.07) is 10.4. The number of methoxy groups -OCH3 is 1. The lowest BCUT2D eigenvalue weighted by molar-refractivity contribution is 0.0952. The molecule has 1 aliphatic rings. The van der Waals surface area contributed by atoms with Gasteiger partial charge in [-0.05, 0) is 51.5 Å². The largest absolute Gasteiger partial charge is 0.507 e. The average molecular weight is 393 g/mol. The Labute approximate surface area is 171 Å². The monoisotopic (exact) mass is 393 g/mol. The van der Waals surface area contributed by atoms with Gasteiger partial charge in [0.25, 0.3) is 5.91 Å². The number of nitrogens with one attached hydrogen (secondary N) is 1. The van der Waals surface area contributed by atoms with E-state index < -0.39 is 5.91 Å². The van der Waals surface area contributed by atoms with Crippen molar-refractivity contribution in [3.05, 3.63) is 59.2 Å². The fraction of sp³-hybridized carbons (Fsp3) is 0.304. The van der Waals surface area contributed by atoms with E-state index in [1.54, 1.807) is 25.5 Å². The molecular weight excluding hydrogens is 366 g/mol. The molecule has 0 fully saturated rings. The van der Waals surface area contributed by atoms with Gasteiger partial charge in [-0.25, -0.2) is 5.43 Å². The summed E-state index contributed by atoms with van der Waals surface area (Å²) in [5.74, 6) is 0.106. The van der Waals surface area contributed by atoms with Crippen LogP contribution in [0.1, 0.15) is 49.2 Å². The van der Waals surface area contributed by atoms with E-state index in [-0.39, 0.29) is 16.9 Å². The molecule has 6 heteroatoms. The standard InChI is InChI=1S/C23H27N3O3/c1-6-26-19-12-21(29-5)16(11-18(19)15(2)13-23(26,3)4)14-24-25-22(28)17-9-7-8-10-20(17)27/h7-14,27H,6H2,1-5H3,(H,25,28)/b24-14+. The highest BCUT2D eigenvalue weighted by atomic mass is 16.5. The number of phenolic OH excluding ortho intramolecular Hbond substituents is 1. The zero-order valence-electron chi connectivity index (χ0n) is 17.5. The molecule has 2 N–H and O–H groups in total. The third-order valence-electron chi connectivity index (χ3n) is 5.16. The minimum atomic E-state index is -0.480. The molecule has 0 atom stereocenters. The maximum atomic E-state index is 12.2. The first kappa shape index (κ1) is 20.5. The van der Waals surface area contributed by atoms with Crippen molar-refractivity contribution in [2.24, 2.45) is 5.10 Å². The van der Waals surface area contributed by atoms with E-state index in [1.807, 2.05) is 12.1 Å². The van der Waals surface area contributed by atoms with E-state index in [4.69, 9.17) is 4.74 Å². The molecule has 0 spiro atoms. The van der Waals surface area contributed by atoms with Gasteiger partial charge in [0.05, 0.1) is 24.4 Å². The molecule has 6 nitrogen and oxygen atoms in total. The van der Waals surface area contributed by atoms with Crippen LogP contribution >= 0.6 is 0 Å². The Morgan fingerprint density at radius 3 is 2.69 bits per heavy atom. The van der Waals surface area contributed by atoms with Crippen molar-refractivity contribution in [2.45, 2.75) is 33.2 Å². The van der Waals surface area contributed by atoms with Gasteiger partial charge in [0, 0.05) is 29.4 Å². The lowest BCUT2D eigenvalue weighted by atomic mass is 9.88. The number of benzene rings is 2. The first-order valence-corrected chi connectivity index (χ1v) is 9.59. The van der Waals surface area contributed by atoms with Crippen LogP contribution in [0.4, 0.5) is 5.69 Å². The Balaban J connectivity index is 1.91. The number of hydrazone groups is 1. The van der Waals surface area contributed by atoms with Crippen molar-refractivity contribution < 1.29 is 14.6 Å². The van der Waals surface area contributed by atoms with Crippen LogP contribution in [-0.4, -0.2) is 36.4 Å². The van der Waals surface area contributed by atoms with Crippen molar-refractivity contribution in [3.63, 3.8) is 0 Å². The van der Waals surface area contributed by atoms with Gasteiger partial charge in [0.2, 0.25) is 0 Å². The average Bonchev–Trinajstić information content (AvgIpc) is 2.67. The van der Waals surface area contributed by atoms with E-state index >= 15 is 0 Å². The quantitative estimate of drug-likeness (QED) is 0.590. The van der Waals surface area contributed by atoms with Gasteiger partial charge in [0.15, 0.2) is 0 Å². The molecule has 0 bridgehead atoms. The van der Waals surface area contributed by atoms with Crippen molar-refractivity contribution in [3.8, 4) is 11.5 Å². The minimum Gasteiger partial charge on any atom is -0.507 e. The van der Waals surface area contributed by atoms with E-state index in [0.29, 0.717) is 5.75 Å². The Morgan fingerprint density at radius 2 is 2.03 bits per heavy atom. The number of phenols is 1. The maximum absolute atomic E-state index is 12.2. The summed E-state index contributed by atoms with van der Waals surface area (Å²) in [6.07, 6.45) is 3.81. The Bertz CT molecular complexity index is 993. The Hall–Kier alpha value is -3.28. The predicted molar refractivity (Wildman–Crippen MR) is 117 cm³/mol. The van der Waals surface area contributed by atoms with E-state index in [1.165, 1.54) is 17.7 Å². The second kappa shape index (κ2) is 7.99. The molecule has 0 saturated heterocycles. The number of aromatic hydroxyl groups is 1. The number of amides is 1. The summed E-state index contributed by atoms with van der Waals surface area (Å²) in [6.45, 7) is 9.49. The lowest BCUT2D eigenvalue weighted by Gasteiger charge is -2.43. The van der Waals surface area contributed by atoms with Crippen LogP contribution in [-0.2, 0) is 0 Å². The SMILES string of the molecule is CCN1c2cc(OC)c(/C=N/NC(=O)c3ccccc3O)cc2C(C)=CC1(C)C. The van der Waals surface area contributed by atoms with Crippen LogP contribution in [0.3, 0.4) is 0 Å². The zero-order valence-corrected chi connectivity index (χ0v) is 17.5. The van der Waals surface area contributed by atoms with E-state index in [0.717, 1.165) is 23.4 Å². The number of anilines is 1. The fourth-order valence-corrected chi connectivity index (χ4v) is 3.86. The van der Waals surface area contributed by atoms with Crippen LogP contribution < -0.4 is 15.1 Å². The fourth-order valence-electron chi connectivity index (χ4n) is 3.86. The van der Waals surface area contributed by atoms with Crippen molar-refractivity contribution in [2.75, 3.05) is 18.6 Å². The Morgan fingerprint density at radius 1 is 1.31 bits per heavy atom. The molecule has 0 aromatic heterocycles. The first-order chi connectivity index (χ1) is 13.8. The summed E-state index contributed by atoms with van der Waals surface area (Å²) in [5.41, 5.74) is 6.71. The second-order valence-corrected chi connectivity index (χ2v) is 7.55. The van der Waals surface area contributed by atoms with Gasteiger partial charge in [0.1, 0.15) is 11.5 Å². The highest BCUT2D eigenvalue weighted by Crippen LogP contribution is 2.41. The number of ether oxygens (including phenoxy) is 1. The molecule has 0 radical (unpaired) electrons. The van der Waals surface area contributed by atoms with Crippen LogP contribution in [0.2, 0.25) is 0 Å². The molecule has 3 rings (SSSR count). The molecule has 29 heavy (non-hydrogen) atoms. The second-order valence-electron chi connectivity index (χ2n) is 7.55. The predicted octanol–water partition coefficient (Wildman–Crippen LogP) is 4.19. The molecule has 1 aliphatic heterocycles. The summed E-state index contributed by atoms with van der Waals surface area (Å²) >= 11 is 0. The number of nitrogens with zero attached hydrogens (tertiary/aromatic N) is 2. The summed E-state index contributed by atoms with van der Waals surface area (Å²) in [5, 5.41) is 13.8. The molecule has 0 unspecified atom stereocenters. The summed E-state index contributed by atoms with van der Waals surface area (Å²) < 4.78 is 5.58. The number of carbonyl (C=O) groups is 1. The van der Waals surface area contributed by atoms with Gasteiger partial charge in [-0.15, -0.1) is 0 Å². The summed E-state index contributed by atoms with van der Waals surface area (Å²) in [4.78, 5) is 14.5. The topological polar surface area (TPSA) is 74.2 Å². The third-order valence-corrected chi connectivity index (χ3v) is 5.16. The van der Waals surface area contributed by atoms with Gasteiger partial charge in [-0.3, -0.25) is 4.79 Å². The Kier molecular flexibility index (Phi) is 5.64. The van der Waals surface area contributed by atoms with E-state index in [9.17, 15) is 9.90 Å². The minimum absolute atomic E-state index is 0.0852. The normalized spacial score (nSPS) is 15.1. The van der Waals surface area contributed by atoms with Gasteiger partial charge in [-0.2, -0.15) is 5.10 Å². The number of hydrogen-bond acceptors (Lipinski definition) is 5. The number of likely N-dealkylation sites (N-methyl/N-ethyl adjacent to an activating group) is 1. The zero-order chi connectivity index (χ0) is 21.2. The molecule has 1 amide bonds. The van der Waals surface area contributed by atoms with Crippen LogP contribution in [0, 0.1) is 0 Å². The lowest BCUT2D eigenvalue weighted by Crippen LogP contribution is -2.44. The van der Waals surface area contributed by atoms with Crippen molar-refractivity contribution in [1.82, 2.24) is 5.43 Å². The summed E-state index contributed by atoms with van der Waals surface area (Å²) in [7, 11) is 1.62. The number of hydrogen-bond donors (Lipinski definition) is 2. The number of para-hydroxylation sites is 1. The number of fused-ring (bicyclic) bond motifs is 1. The van der Waals surface area contributed by atoms with Gasteiger partial charge in [-0.1, -0.05) is 18.2 Å². The van der Waals surface area contributed by atoms with Crippen molar-refractivity contribution in [1.29, 1.82) is 0 Å². The number of carbonyl (C=O) groups excluding carboxylic acids is 1. The molecular formula is C23H27N3O3. The van der Waals surface area contributed by atoms with Crippen LogP contribution in [0.15, 0.2) is 47.6 Å². The molecule has 2 aromatic rings. The maximum Gasteiger partial charge on any atom is 0.275 e.